The van der Waals surface area contributed by atoms with Crippen LogP contribution in [0.25, 0.3) is 0 Å². The van der Waals surface area contributed by atoms with Crippen molar-refractivity contribution in [1.82, 2.24) is 0 Å². The minimum Gasteiger partial charge on any atom is -0.495 e. The molecule has 1 amide bonds. The number of ketones is 1. The van der Waals surface area contributed by atoms with Crippen molar-refractivity contribution < 1.29 is 14.3 Å². The zero-order chi connectivity index (χ0) is 12.0. The van der Waals surface area contributed by atoms with E-state index in [1.165, 1.54) is 6.92 Å². The average Bonchev–Trinajstić information content (AvgIpc) is 2.27. The first kappa shape index (κ1) is 12.2. The predicted molar refractivity (Wildman–Crippen MR) is 61.5 cm³/mol. The van der Waals surface area contributed by atoms with Gasteiger partial charge in [-0.1, -0.05) is 12.1 Å². The van der Waals surface area contributed by atoms with E-state index >= 15 is 0 Å². The zero-order valence-electron chi connectivity index (χ0n) is 9.45. The topological polar surface area (TPSA) is 55.4 Å². The van der Waals surface area contributed by atoms with E-state index in [4.69, 9.17) is 4.74 Å². The number of methoxy groups -OCH3 is 1. The molecule has 0 radical (unpaired) electrons. The molecule has 1 aromatic rings. The Balaban J connectivity index is 2.58. The Morgan fingerprint density at radius 1 is 1.25 bits per heavy atom. The molecule has 1 N–H and O–H groups in total. The Bertz CT molecular complexity index is 388. The van der Waals surface area contributed by atoms with Gasteiger partial charge in [0.05, 0.1) is 12.8 Å². The number of nitrogens with one attached hydrogen (secondary N) is 1. The second kappa shape index (κ2) is 5.90. The summed E-state index contributed by atoms with van der Waals surface area (Å²) in [6.45, 7) is 1.47. The Morgan fingerprint density at radius 3 is 2.56 bits per heavy atom. The van der Waals surface area contributed by atoms with Crippen molar-refractivity contribution in [2.24, 2.45) is 0 Å². The van der Waals surface area contributed by atoms with Crippen LogP contribution in [0, 0.1) is 0 Å². The molecule has 0 aliphatic heterocycles. The van der Waals surface area contributed by atoms with Gasteiger partial charge in [-0.15, -0.1) is 0 Å². The summed E-state index contributed by atoms with van der Waals surface area (Å²) in [7, 11) is 1.54. The normalized spacial score (nSPS) is 9.62. The van der Waals surface area contributed by atoms with Gasteiger partial charge in [0.1, 0.15) is 11.5 Å². The van der Waals surface area contributed by atoms with Crippen LogP contribution in [-0.4, -0.2) is 18.8 Å². The molecule has 0 aliphatic rings. The van der Waals surface area contributed by atoms with Gasteiger partial charge in [0.2, 0.25) is 5.91 Å². The number of ether oxygens (including phenoxy) is 1. The van der Waals surface area contributed by atoms with Gasteiger partial charge < -0.3 is 14.8 Å². The molecule has 0 unspecified atom stereocenters. The van der Waals surface area contributed by atoms with E-state index in [9.17, 15) is 9.59 Å². The number of anilines is 1. The lowest BCUT2D eigenvalue weighted by Crippen LogP contribution is -2.13. The molecular weight excluding hydrogens is 206 g/mol. The molecule has 1 aromatic carbocycles. The van der Waals surface area contributed by atoms with Crippen molar-refractivity contribution in [1.29, 1.82) is 0 Å². The summed E-state index contributed by atoms with van der Waals surface area (Å²) >= 11 is 0. The maximum atomic E-state index is 11.5. The quantitative estimate of drug-likeness (QED) is 0.827. The van der Waals surface area contributed by atoms with Crippen molar-refractivity contribution in [2.45, 2.75) is 19.8 Å². The van der Waals surface area contributed by atoms with Crippen LogP contribution in [0.1, 0.15) is 19.8 Å². The molecule has 1 rings (SSSR count). The molecule has 0 spiro atoms. The third kappa shape index (κ3) is 3.73. The Labute approximate surface area is 94.6 Å². The third-order valence-electron chi connectivity index (χ3n) is 2.09. The molecule has 0 bridgehead atoms. The average molecular weight is 221 g/mol. The van der Waals surface area contributed by atoms with Crippen LogP contribution < -0.4 is 10.1 Å². The molecular formula is C12H15NO3. The van der Waals surface area contributed by atoms with Crippen LogP contribution >= 0.6 is 0 Å². The highest BCUT2D eigenvalue weighted by molar-refractivity contribution is 5.94. The molecule has 4 nitrogen and oxygen atoms in total. The molecule has 0 aromatic heterocycles. The molecule has 86 valence electrons. The molecule has 0 saturated carbocycles. The molecule has 0 saturated heterocycles. The van der Waals surface area contributed by atoms with E-state index in [2.05, 4.69) is 5.32 Å². The van der Waals surface area contributed by atoms with Crippen molar-refractivity contribution in [3.63, 3.8) is 0 Å². The van der Waals surface area contributed by atoms with Crippen LogP contribution in [0.15, 0.2) is 24.3 Å². The van der Waals surface area contributed by atoms with Crippen molar-refractivity contribution in [2.75, 3.05) is 12.4 Å². The summed E-state index contributed by atoms with van der Waals surface area (Å²) in [5.74, 6) is 0.438. The standard InChI is InChI=1S/C12H15NO3/c1-9(14)7-8-12(15)13-10-5-3-4-6-11(10)16-2/h3-6H,7-8H2,1-2H3,(H,13,15). The number of Topliss-reactive ketones (excluding diaryl/α,β-unsaturated/α-hetero) is 1. The van der Waals surface area contributed by atoms with Gasteiger partial charge in [0, 0.05) is 12.8 Å². The van der Waals surface area contributed by atoms with Gasteiger partial charge in [0.25, 0.3) is 0 Å². The highest BCUT2D eigenvalue weighted by Gasteiger charge is 2.07. The minimum absolute atomic E-state index is 0.00942. The lowest BCUT2D eigenvalue weighted by molar-refractivity contribution is -0.121. The number of amides is 1. The van der Waals surface area contributed by atoms with Crippen molar-refractivity contribution >= 4 is 17.4 Å². The lowest BCUT2D eigenvalue weighted by Gasteiger charge is -2.09. The summed E-state index contributed by atoms with van der Waals surface area (Å²) in [5, 5.41) is 2.70. The number of rotatable bonds is 5. The fourth-order valence-electron chi connectivity index (χ4n) is 1.25. The van der Waals surface area contributed by atoms with E-state index < -0.39 is 0 Å². The maximum absolute atomic E-state index is 11.5. The van der Waals surface area contributed by atoms with E-state index in [1.54, 1.807) is 19.2 Å². The molecule has 16 heavy (non-hydrogen) atoms. The second-order valence-electron chi connectivity index (χ2n) is 3.45. The number of para-hydroxylation sites is 2. The maximum Gasteiger partial charge on any atom is 0.224 e. The number of hydrogen-bond acceptors (Lipinski definition) is 3. The number of hydrogen-bond donors (Lipinski definition) is 1. The Kier molecular flexibility index (Phi) is 4.51. The molecule has 0 fully saturated rings. The van der Waals surface area contributed by atoms with Gasteiger partial charge in [0.15, 0.2) is 0 Å². The fourth-order valence-corrected chi connectivity index (χ4v) is 1.25. The number of benzene rings is 1. The van der Waals surface area contributed by atoms with Gasteiger partial charge in [-0.2, -0.15) is 0 Å². The smallest absolute Gasteiger partial charge is 0.224 e. The monoisotopic (exact) mass is 221 g/mol. The molecule has 0 heterocycles. The van der Waals surface area contributed by atoms with Gasteiger partial charge in [-0.3, -0.25) is 4.79 Å². The Hall–Kier alpha value is -1.84. The van der Waals surface area contributed by atoms with E-state index in [1.807, 2.05) is 12.1 Å². The third-order valence-corrected chi connectivity index (χ3v) is 2.09. The highest BCUT2D eigenvalue weighted by atomic mass is 16.5. The van der Waals surface area contributed by atoms with E-state index in [0.29, 0.717) is 11.4 Å². The number of carbonyl (C=O) groups excluding carboxylic acids is 2. The summed E-state index contributed by atoms with van der Waals surface area (Å²) in [6, 6.07) is 7.15. The largest absolute Gasteiger partial charge is 0.495 e. The van der Waals surface area contributed by atoms with Crippen molar-refractivity contribution in [3.05, 3.63) is 24.3 Å². The summed E-state index contributed by atoms with van der Waals surface area (Å²) in [4.78, 5) is 22.2. The highest BCUT2D eigenvalue weighted by Crippen LogP contribution is 2.23. The SMILES string of the molecule is COc1ccccc1NC(=O)CCC(C)=O. The van der Waals surface area contributed by atoms with E-state index in [-0.39, 0.29) is 24.5 Å². The summed E-state index contributed by atoms with van der Waals surface area (Å²) < 4.78 is 5.09. The Morgan fingerprint density at radius 2 is 1.94 bits per heavy atom. The first-order valence-corrected chi connectivity index (χ1v) is 5.06. The van der Waals surface area contributed by atoms with Crippen LogP contribution in [0.5, 0.6) is 5.75 Å². The minimum atomic E-state index is -0.181. The molecule has 0 atom stereocenters. The first-order chi connectivity index (χ1) is 7.63. The molecule has 4 heteroatoms. The first-order valence-electron chi connectivity index (χ1n) is 5.06. The van der Waals surface area contributed by atoms with Crippen molar-refractivity contribution in [3.8, 4) is 5.75 Å². The van der Waals surface area contributed by atoms with Crippen LogP contribution in [0.3, 0.4) is 0 Å². The van der Waals surface area contributed by atoms with Gasteiger partial charge >= 0.3 is 0 Å². The van der Waals surface area contributed by atoms with Crippen LogP contribution in [0.4, 0.5) is 5.69 Å². The van der Waals surface area contributed by atoms with Crippen LogP contribution in [-0.2, 0) is 9.59 Å². The lowest BCUT2D eigenvalue weighted by atomic mass is 10.2. The predicted octanol–water partition coefficient (Wildman–Crippen LogP) is 2.00. The van der Waals surface area contributed by atoms with Gasteiger partial charge in [-0.05, 0) is 19.1 Å². The second-order valence-corrected chi connectivity index (χ2v) is 3.45. The summed E-state index contributed by atoms with van der Waals surface area (Å²) in [6.07, 6.45) is 0.467. The van der Waals surface area contributed by atoms with Crippen LogP contribution in [0.2, 0.25) is 0 Å². The number of carbonyl (C=O) groups is 2. The molecule has 0 aliphatic carbocycles. The van der Waals surface area contributed by atoms with Gasteiger partial charge in [-0.25, -0.2) is 0 Å². The van der Waals surface area contributed by atoms with E-state index in [0.717, 1.165) is 0 Å². The zero-order valence-corrected chi connectivity index (χ0v) is 9.45. The summed E-state index contributed by atoms with van der Waals surface area (Å²) in [5.41, 5.74) is 0.624. The fraction of sp³-hybridized carbons (Fsp3) is 0.333.